The zero-order valence-corrected chi connectivity index (χ0v) is 8.77. The van der Waals surface area contributed by atoms with Gasteiger partial charge in [-0.3, -0.25) is 0 Å². The largest absolute Gasteiger partial charge is 0.506 e. The summed E-state index contributed by atoms with van der Waals surface area (Å²) in [7, 11) is 0. The van der Waals surface area contributed by atoms with Gasteiger partial charge in [0.25, 0.3) is 0 Å². The number of rotatable bonds is 1. The molecule has 0 aliphatic rings. The van der Waals surface area contributed by atoms with Gasteiger partial charge in [-0.25, -0.2) is 4.79 Å². The molecule has 0 atom stereocenters. The van der Waals surface area contributed by atoms with Crippen LogP contribution in [0.4, 0.5) is 0 Å². The molecule has 0 aliphatic heterocycles. The minimum absolute atomic E-state index is 0.0453. The molecule has 3 aromatic rings. The summed E-state index contributed by atoms with van der Waals surface area (Å²) in [5.74, 6) is -1.09. The number of fused-ring (bicyclic) bond motifs is 3. The number of H-pyrrole nitrogens is 1. The summed E-state index contributed by atoms with van der Waals surface area (Å²) in [4.78, 5) is 14.0. The van der Waals surface area contributed by atoms with E-state index in [2.05, 4.69) is 4.98 Å². The van der Waals surface area contributed by atoms with Crippen molar-refractivity contribution in [1.82, 2.24) is 4.98 Å². The van der Waals surface area contributed by atoms with Crippen LogP contribution in [0.3, 0.4) is 0 Å². The highest BCUT2D eigenvalue weighted by atomic mass is 16.4. The molecule has 1 heterocycles. The van der Waals surface area contributed by atoms with Crippen LogP contribution in [0.15, 0.2) is 36.4 Å². The third kappa shape index (κ3) is 1.34. The number of carboxylic acid groups (broad SMARTS) is 1. The maximum absolute atomic E-state index is 10.9. The van der Waals surface area contributed by atoms with Gasteiger partial charge in [-0.1, -0.05) is 18.2 Å². The Balaban J connectivity index is 2.50. The Hall–Kier alpha value is -2.49. The molecule has 0 bridgehead atoms. The van der Waals surface area contributed by atoms with Crippen LogP contribution in [0.2, 0.25) is 0 Å². The number of aromatic hydroxyl groups is 1. The van der Waals surface area contributed by atoms with Gasteiger partial charge in [0.05, 0.1) is 11.1 Å². The van der Waals surface area contributed by atoms with Crippen molar-refractivity contribution in [3.63, 3.8) is 0 Å². The highest BCUT2D eigenvalue weighted by Crippen LogP contribution is 2.32. The van der Waals surface area contributed by atoms with Crippen LogP contribution in [0, 0.1) is 0 Å². The number of carbonyl (C=O) groups is 1. The summed E-state index contributed by atoms with van der Waals surface area (Å²) in [5, 5.41) is 20.4. The SMILES string of the molecule is O=C(O)c1cc(O)c2[nH]c3ccccc3c2c1. The van der Waals surface area contributed by atoms with Gasteiger partial charge in [-0.05, 0) is 18.2 Å². The molecule has 0 saturated carbocycles. The van der Waals surface area contributed by atoms with E-state index in [4.69, 9.17) is 5.11 Å². The van der Waals surface area contributed by atoms with Gasteiger partial charge >= 0.3 is 5.97 Å². The average molecular weight is 227 g/mol. The molecule has 3 rings (SSSR count). The summed E-state index contributed by atoms with van der Waals surface area (Å²) in [6, 6.07) is 10.3. The zero-order valence-electron chi connectivity index (χ0n) is 8.77. The molecule has 17 heavy (non-hydrogen) atoms. The van der Waals surface area contributed by atoms with E-state index >= 15 is 0 Å². The molecule has 0 unspecified atom stereocenters. The number of aromatic nitrogens is 1. The van der Waals surface area contributed by atoms with Crippen LogP contribution in [0.1, 0.15) is 10.4 Å². The van der Waals surface area contributed by atoms with E-state index in [1.54, 1.807) is 6.07 Å². The van der Waals surface area contributed by atoms with Crippen LogP contribution in [0.25, 0.3) is 21.8 Å². The fourth-order valence-corrected chi connectivity index (χ4v) is 2.06. The van der Waals surface area contributed by atoms with Crippen molar-refractivity contribution in [3.05, 3.63) is 42.0 Å². The first-order chi connectivity index (χ1) is 8.16. The van der Waals surface area contributed by atoms with Crippen LogP contribution in [0.5, 0.6) is 5.75 Å². The van der Waals surface area contributed by atoms with Crippen molar-refractivity contribution in [2.24, 2.45) is 0 Å². The second-order valence-corrected chi connectivity index (χ2v) is 3.89. The highest BCUT2D eigenvalue weighted by Gasteiger charge is 2.12. The van der Waals surface area contributed by atoms with Crippen molar-refractivity contribution >= 4 is 27.8 Å². The monoisotopic (exact) mass is 227 g/mol. The van der Waals surface area contributed by atoms with Crippen LogP contribution >= 0.6 is 0 Å². The average Bonchev–Trinajstić information content (AvgIpc) is 2.68. The van der Waals surface area contributed by atoms with E-state index in [-0.39, 0.29) is 11.3 Å². The normalized spacial score (nSPS) is 11.1. The van der Waals surface area contributed by atoms with Gasteiger partial charge in [0, 0.05) is 16.3 Å². The lowest BCUT2D eigenvalue weighted by Crippen LogP contribution is -1.95. The third-order valence-electron chi connectivity index (χ3n) is 2.84. The van der Waals surface area contributed by atoms with Gasteiger partial charge in [-0.15, -0.1) is 0 Å². The molecule has 0 fully saturated rings. The van der Waals surface area contributed by atoms with Gasteiger partial charge in [0.2, 0.25) is 0 Å². The van der Waals surface area contributed by atoms with Gasteiger partial charge in [0.1, 0.15) is 5.75 Å². The smallest absolute Gasteiger partial charge is 0.335 e. The number of benzene rings is 2. The lowest BCUT2D eigenvalue weighted by Gasteiger charge is -1.98. The van der Waals surface area contributed by atoms with E-state index in [0.29, 0.717) is 5.52 Å². The Morgan fingerprint density at radius 2 is 1.88 bits per heavy atom. The summed E-state index contributed by atoms with van der Waals surface area (Å²) >= 11 is 0. The number of hydrogen-bond acceptors (Lipinski definition) is 2. The number of phenols is 1. The molecule has 2 aromatic carbocycles. The van der Waals surface area contributed by atoms with Gasteiger partial charge < -0.3 is 15.2 Å². The second-order valence-electron chi connectivity index (χ2n) is 3.89. The molecule has 3 N–H and O–H groups in total. The summed E-state index contributed by atoms with van der Waals surface area (Å²) in [6.45, 7) is 0. The zero-order chi connectivity index (χ0) is 12.0. The number of carboxylic acids is 1. The minimum Gasteiger partial charge on any atom is -0.506 e. The molecule has 0 saturated heterocycles. The second kappa shape index (κ2) is 3.25. The van der Waals surface area contributed by atoms with Crippen molar-refractivity contribution in [1.29, 1.82) is 0 Å². The Bertz CT molecular complexity index is 743. The number of phenolic OH excluding ortho intramolecular Hbond substituents is 1. The lowest BCUT2D eigenvalue weighted by atomic mass is 10.1. The van der Waals surface area contributed by atoms with Crippen LogP contribution in [-0.2, 0) is 0 Å². The molecule has 0 spiro atoms. The standard InChI is InChI=1S/C13H9NO3/c15-11-6-7(13(16)17)5-9-8-3-1-2-4-10(8)14-12(9)11/h1-6,14-15H,(H,16,17). The maximum Gasteiger partial charge on any atom is 0.335 e. The van der Waals surface area contributed by atoms with Crippen molar-refractivity contribution in [3.8, 4) is 5.75 Å². The Labute approximate surface area is 96.1 Å². The fourth-order valence-electron chi connectivity index (χ4n) is 2.06. The number of hydrogen-bond donors (Lipinski definition) is 3. The molecular weight excluding hydrogens is 218 g/mol. The number of para-hydroxylation sites is 1. The minimum atomic E-state index is -1.05. The number of aromatic carboxylic acids is 1. The maximum atomic E-state index is 10.9. The quantitative estimate of drug-likeness (QED) is 0.598. The topological polar surface area (TPSA) is 73.3 Å². The first-order valence-corrected chi connectivity index (χ1v) is 5.13. The summed E-state index contributed by atoms with van der Waals surface area (Å²) in [5.41, 5.74) is 1.52. The Kier molecular flexibility index (Phi) is 1.86. The summed E-state index contributed by atoms with van der Waals surface area (Å²) in [6.07, 6.45) is 0. The van der Waals surface area contributed by atoms with Crippen molar-refractivity contribution < 1.29 is 15.0 Å². The predicted octanol–water partition coefficient (Wildman–Crippen LogP) is 2.72. The third-order valence-corrected chi connectivity index (χ3v) is 2.84. The fraction of sp³-hybridized carbons (Fsp3) is 0. The van der Waals surface area contributed by atoms with E-state index < -0.39 is 5.97 Å². The first-order valence-electron chi connectivity index (χ1n) is 5.13. The highest BCUT2D eigenvalue weighted by molar-refractivity contribution is 6.11. The summed E-state index contributed by atoms with van der Waals surface area (Å²) < 4.78 is 0. The molecule has 0 aliphatic carbocycles. The van der Waals surface area contributed by atoms with Gasteiger partial charge in [-0.2, -0.15) is 0 Å². The Morgan fingerprint density at radius 3 is 2.65 bits per heavy atom. The predicted molar refractivity (Wildman–Crippen MR) is 64.4 cm³/mol. The van der Waals surface area contributed by atoms with E-state index in [1.807, 2.05) is 24.3 Å². The molecule has 4 heteroatoms. The molecule has 0 radical (unpaired) electrons. The van der Waals surface area contributed by atoms with E-state index in [0.717, 1.165) is 16.3 Å². The van der Waals surface area contributed by atoms with Crippen LogP contribution in [-0.4, -0.2) is 21.2 Å². The molecule has 84 valence electrons. The number of aromatic amines is 1. The van der Waals surface area contributed by atoms with Crippen molar-refractivity contribution in [2.45, 2.75) is 0 Å². The van der Waals surface area contributed by atoms with E-state index in [9.17, 15) is 9.90 Å². The molecule has 1 aromatic heterocycles. The van der Waals surface area contributed by atoms with E-state index in [1.165, 1.54) is 6.07 Å². The van der Waals surface area contributed by atoms with Crippen LogP contribution < -0.4 is 0 Å². The van der Waals surface area contributed by atoms with Gasteiger partial charge in [0.15, 0.2) is 0 Å². The first kappa shape index (κ1) is 9.72. The molecular formula is C13H9NO3. The van der Waals surface area contributed by atoms with Crippen molar-refractivity contribution in [2.75, 3.05) is 0 Å². The molecule has 4 nitrogen and oxygen atoms in total. The number of nitrogens with one attached hydrogen (secondary N) is 1. The lowest BCUT2D eigenvalue weighted by molar-refractivity contribution is 0.0696. The molecule has 0 amide bonds. The Morgan fingerprint density at radius 1 is 1.12 bits per heavy atom.